The van der Waals surface area contributed by atoms with Crippen LogP contribution in [0.1, 0.15) is 32.9 Å². The van der Waals surface area contributed by atoms with Crippen LogP contribution in [0.3, 0.4) is 0 Å². The van der Waals surface area contributed by atoms with Gasteiger partial charge in [-0.3, -0.25) is 9.78 Å². The third kappa shape index (κ3) is 3.71. The zero-order valence-electron chi connectivity index (χ0n) is 13.8. The van der Waals surface area contributed by atoms with E-state index in [0.29, 0.717) is 25.1 Å². The summed E-state index contributed by atoms with van der Waals surface area (Å²) in [5.41, 5.74) is 4.65. The zero-order valence-corrected chi connectivity index (χ0v) is 13.8. The number of rotatable bonds is 6. The average molecular weight is 324 g/mol. The van der Waals surface area contributed by atoms with Crippen LogP contribution in [0.25, 0.3) is 0 Å². The summed E-state index contributed by atoms with van der Waals surface area (Å²) in [6.07, 6.45) is 3.90. The summed E-state index contributed by atoms with van der Waals surface area (Å²) in [6, 6.07) is 9.98. The van der Waals surface area contributed by atoms with Crippen molar-refractivity contribution in [1.82, 2.24) is 20.0 Å². The van der Waals surface area contributed by atoms with Gasteiger partial charge in [0.2, 0.25) is 0 Å². The van der Waals surface area contributed by atoms with Crippen molar-refractivity contribution in [1.29, 1.82) is 0 Å². The molecule has 0 atom stereocenters. The lowest BCUT2D eigenvalue weighted by Gasteiger charge is -2.04. The van der Waals surface area contributed by atoms with Crippen LogP contribution in [-0.4, -0.2) is 32.6 Å². The van der Waals surface area contributed by atoms with Crippen molar-refractivity contribution in [2.75, 3.05) is 6.61 Å². The van der Waals surface area contributed by atoms with E-state index < -0.39 is 0 Å². The third-order valence-corrected chi connectivity index (χ3v) is 3.92. The lowest BCUT2D eigenvalue weighted by Crippen LogP contribution is -2.08. The Hall–Kier alpha value is -2.89. The number of aryl methyl sites for hydroxylation is 2. The SMILES string of the molecule is Cc1n[nH]c(C)c1CCOC(=O)c1cnn(Cc2ccccc2)c1. The molecule has 3 aromatic rings. The minimum absolute atomic E-state index is 0.323. The molecule has 0 aliphatic heterocycles. The van der Waals surface area contributed by atoms with E-state index in [4.69, 9.17) is 4.74 Å². The number of hydrogen-bond donors (Lipinski definition) is 1. The van der Waals surface area contributed by atoms with Gasteiger partial charge in [-0.1, -0.05) is 30.3 Å². The molecule has 3 rings (SSSR count). The molecule has 2 heterocycles. The first-order valence-electron chi connectivity index (χ1n) is 7.87. The number of aromatic amines is 1. The fraction of sp³-hybridized carbons (Fsp3) is 0.278. The maximum atomic E-state index is 12.1. The van der Waals surface area contributed by atoms with Gasteiger partial charge in [0.15, 0.2) is 0 Å². The van der Waals surface area contributed by atoms with Gasteiger partial charge in [0.25, 0.3) is 0 Å². The van der Waals surface area contributed by atoms with Crippen LogP contribution in [0.2, 0.25) is 0 Å². The Morgan fingerprint density at radius 2 is 2.04 bits per heavy atom. The van der Waals surface area contributed by atoms with Gasteiger partial charge in [-0.15, -0.1) is 0 Å². The fourth-order valence-electron chi connectivity index (χ4n) is 2.60. The van der Waals surface area contributed by atoms with Crippen LogP contribution in [0, 0.1) is 13.8 Å². The minimum Gasteiger partial charge on any atom is -0.462 e. The second-order valence-corrected chi connectivity index (χ2v) is 5.71. The highest BCUT2D eigenvalue weighted by atomic mass is 16.5. The summed E-state index contributed by atoms with van der Waals surface area (Å²) in [6.45, 7) is 4.85. The maximum absolute atomic E-state index is 12.1. The molecule has 6 heteroatoms. The van der Waals surface area contributed by atoms with Gasteiger partial charge in [0.1, 0.15) is 0 Å². The molecule has 0 spiro atoms. The molecule has 0 unspecified atom stereocenters. The molecule has 0 saturated carbocycles. The smallest absolute Gasteiger partial charge is 0.341 e. The second-order valence-electron chi connectivity index (χ2n) is 5.71. The number of nitrogens with one attached hydrogen (secondary N) is 1. The molecule has 0 amide bonds. The molecule has 0 aliphatic rings. The number of carbonyl (C=O) groups is 1. The normalized spacial score (nSPS) is 10.8. The first-order chi connectivity index (χ1) is 11.6. The van der Waals surface area contributed by atoms with Crippen molar-refractivity contribution in [2.45, 2.75) is 26.8 Å². The molecule has 0 bridgehead atoms. The highest BCUT2D eigenvalue weighted by molar-refractivity contribution is 5.88. The van der Waals surface area contributed by atoms with Crippen molar-refractivity contribution in [3.8, 4) is 0 Å². The van der Waals surface area contributed by atoms with E-state index in [9.17, 15) is 4.79 Å². The van der Waals surface area contributed by atoms with E-state index in [0.717, 1.165) is 22.5 Å². The number of aromatic nitrogens is 4. The van der Waals surface area contributed by atoms with E-state index in [2.05, 4.69) is 15.3 Å². The Labute approximate surface area is 140 Å². The highest BCUT2D eigenvalue weighted by Gasteiger charge is 2.12. The van der Waals surface area contributed by atoms with E-state index >= 15 is 0 Å². The van der Waals surface area contributed by atoms with Gasteiger partial charge in [0.05, 0.1) is 30.6 Å². The molecule has 0 aliphatic carbocycles. The molecule has 0 saturated heterocycles. The molecule has 0 fully saturated rings. The van der Waals surface area contributed by atoms with Gasteiger partial charge >= 0.3 is 5.97 Å². The summed E-state index contributed by atoms with van der Waals surface area (Å²) in [7, 11) is 0. The molecule has 1 N–H and O–H groups in total. The Morgan fingerprint density at radius 3 is 2.75 bits per heavy atom. The molecular weight excluding hydrogens is 304 g/mol. The third-order valence-electron chi connectivity index (χ3n) is 3.92. The maximum Gasteiger partial charge on any atom is 0.341 e. The molecule has 0 radical (unpaired) electrons. The monoisotopic (exact) mass is 324 g/mol. The number of esters is 1. The lowest BCUT2D eigenvalue weighted by molar-refractivity contribution is 0.0509. The number of hydrogen-bond acceptors (Lipinski definition) is 4. The van der Waals surface area contributed by atoms with E-state index in [-0.39, 0.29) is 5.97 Å². The predicted octanol–water partition coefficient (Wildman–Crippen LogP) is 2.67. The van der Waals surface area contributed by atoms with Crippen LogP contribution in [0.15, 0.2) is 42.7 Å². The van der Waals surface area contributed by atoms with Gasteiger partial charge in [-0.25, -0.2) is 4.79 Å². The summed E-state index contributed by atoms with van der Waals surface area (Å²) in [5, 5.41) is 11.3. The van der Waals surface area contributed by atoms with Crippen molar-refractivity contribution in [3.05, 3.63) is 70.8 Å². The van der Waals surface area contributed by atoms with Crippen LogP contribution in [-0.2, 0) is 17.7 Å². The largest absolute Gasteiger partial charge is 0.462 e. The number of H-pyrrole nitrogens is 1. The van der Waals surface area contributed by atoms with Crippen LogP contribution in [0.4, 0.5) is 0 Å². The van der Waals surface area contributed by atoms with E-state index in [1.54, 1.807) is 17.1 Å². The average Bonchev–Trinajstić information content (AvgIpc) is 3.17. The predicted molar refractivity (Wildman–Crippen MR) is 89.8 cm³/mol. The number of carbonyl (C=O) groups excluding carboxylic acids is 1. The Bertz CT molecular complexity index is 801. The standard InChI is InChI=1S/C18H20N4O2/c1-13-17(14(2)21-20-13)8-9-24-18(23)16-10-19-22(12-16)11-15-6-4-3-5-7-15/h3-7,10,12H,8-9,11H2,1-2H3,(H,20,21). The number of nitrogens with zero attached hydrogens (tertiary/aromatic N) is 3. The Kier molecular flexibility index (Phi) is 4.74. The lowest BCUT2D eigenvalue weighted by atomic mass is 10.1. The van der Waals surface area contributed by atoms with Gasteiger partial charge in [-0.05, 0) is 25.0 Å². The second kappa shape index (κ2) is 7.12. The highest BCUT2D eigenvalue weighted by Crippen LogP contribution is 2.11. The summed E-state index contributed by atoms with van der Waals surface area (Å²) >= 11 is 0. The van der Waals surface area contributed by atoms with Crippen molar-refractivity contribution in [3.63, 3.8) is 0 Å². The number of ether oxygens (including phenoxy) is 1. The van der Waals surface area contributed by atoms with Gasteiger partial charge in [0, 0.05) is 18.3 Å². The summed E-state index contributed by atoms with van der Waals surface area (Å²) in [4.78, 5) is 12.1. The Balaban J connectivity index is 1.54. The summed E-state index contributed by atoms with van der Waals surface area (Å²) in [5.74, 6) is -0.354. The van der Waals surface area contributed by atoms with Crippen LogP contribution < -0.4 is 0 Å². The zero-order chi connectivity index (χ0) is 16.9. The Morgan fingerprint density at radius 1 is 1.25 bits per heavy atom. The molecule has 124 valence electrons. The molecule has 2 aromatic heterocycles. The van der Waals surface area contributed by atoms with Gasteiger partial charge in [-0.2, -0.15) is 10.2 Å². The van der Waals surface area contributed by atoms with Crippen molar-refractivity contribution >= 4 is 5.97 Å². The van der Waals surface area contributed by atoms with E-state index in [1.165, 1.54) is 0 Å². The van der Waals surface area contributed by atoms with Gasteiger partial charge < -0.3 is 4.74 Å². The number of benzene rings is 1. The molecule has 1 aromatic carbocycles. The van der Waals surface area contributed by atoms with E-state index in [1.807, 2.05) is 44.2 Å². The fourth-order valence-corrected chi connectivity index (χ4v) is 2.60. The van der Waals surface area contributed by atoms with Crippen molar-refractivity contribution in [2.24, 2.45) is 0 Å². The summed E-state index contributed by atoms with van der Waals surface area (Å²) < 4.78 is 7.07. The molecule has 6 nitrogen and oxygen atoms in total. The van der Waals surface area contributed by atoms with Crippen molar-refractivity contribution < 1.29 is 9.53 Å². The minimum atomic E-state index is -0.354. The molecular formula is C18H20N4O2. The topological polar surface area (TPSA) is 72.8 Å². The van der Waals surface area contributed by atoms with Crippen LogP contribution >= 0.6 is 0 Å². The van der Waals surface area contributed by atoms with Crippen LogP contribution in [0.5, 0.6) is 0 Å². The molecule has 24 heavy (non-hydrogen) atoms. The first kappa shape index (κ1) is 16.0. The quantitative estimate of drug-likeness (QED) is 0.708. The first-order valence-corrected chi connectivity index (χ1v) is 7.87.